The molecule has 0 saturated heterocycles. The molecule has 0 aliphatic heterocycles. The van der Waals surface area contributed by atoms with Gasteiger partial charge in [0.15, 0.2) is 0 Å². The van der Waals surface area contributed by atoms with E-state index in [1.54, 1.807) is 0 Å². The molecular weight excluding hydrogens is 272 g/mol. The van der Waals surface area contributed by atoms with Crippen LogP contribution >= 0.6 is 0 Å². The molecule has 0 bridgehead atoms. The number of likely N-dealkylation sites (N-methyl/N-ethyl adjacent to an activating group) is 1. The Labute approximate surface area is 127 Å². The minimum atomic E-state index is -0.290. The molecule has 0 unspecified atom stereocenters. The van der Waals surface area contributed by atoms with Crippen LogP contribution in [0.15, 0.2) is 24.3 Å². The summed E-state index contributed by atoms with van der Waals surface area (Å²) >= 11 is 0. The molecule has 1 aliphatic carbocycles. The number of benzene rings is 1. The summed E-state index contributed by atoms with van der Waals surface area (Å²) in [6, 6.07) is 8.44. The van der Waals surface area contributed by atoms with Gasteiger partial charge in [-0.25, -0.2) is 0 Å². The summed E-state index contributed by atoms with van der Waals surface area (Å²) in [6.45, 7) is 8.58. The Morgan fingerprint density at radius 1 is 1.30 bits per heavy atom. The highest BCUT2D eigenvalue weighted by Crippen LogP contribution is 2.54. The normalized spacial score (nSPS) is 23.9. The maximum absolute atomic E-state index is 12.8. The Balaban J connectivity index is 0.00000200. The van der Waals surface area contributed by atoms with Crippen molar-refractivity contribution in [2.24, 2.45) is 5.92 Å². The molecule has 0 spiro atoms. The molecule has 1 aliphatic rings. The fourth-order valence-corrected chi connectivity index (χ4v) is 3.06. The SMILES string of the molecule is CCN(CC)C(=O)[C@]1(c2ccc(C)cc2)C[C@@H]1C[NH3+].[Cl-]. The van der Waals surface area contributed by atoms with Crippen LogP contribution in [-0.2, 0) is 10.2 Å². The highest BCUT2D eigenvalue weighted by molar-refractivity contribution is 5.92. The molecule has 2 rings (SSSR count). The Bertz CT molecular complexity index is 456. The van der Waals surface area contributed by atoms with Gasteiger partial charge in [-0.2, -0.15) is 0 Å². The van der Waals surface area contributed by atoms with E-state index in [2.05, 4.69) is 36.9 Å². The molecule has 0 heterocycles. The van der Waals surface area contributed by atoms with E-state index >= 15 is 0 Å². The van der Waals surface area contributed by atoms with E-state index in [-0.39, 0.29) is 23.7 Å². The molecule has 1 saturated carbocycles. The molecule has 20 heavy (non-hydrogen) atoms. The summed E-state index contributed by atoms with van der Waals surface area (Å²) in [5.74, 6) is 0.693. The number of hydrogen-bond donors (Lipinski definition) is 1. The summed E-state index contributed by atoms with van der Waals surface area (Å²) < 4.78 is 0. The van der Waals surface area contributed by atoms with Gasteiger partial charge in [-0.05, 0) is 32.8 Å². The fraction of sp³-hybridized carbons (Fsp3) is 0.562. The van der Waals surface area contributed by atoms with Crippen LogP contribution in [0.5, 0.6) is 0 Å². The number of aryl methyl sites for hydroxylation is 1. The molecule has 1 fully saturated rings. The van der Waals surface area contributed by atoms with Crippen LogP contribution in [0.4, 0.5) is 0 Å². The second kappa shape index (κ2) is 6.59. The summed E-state index contributed by atoms with van der Waals surface area (Å²) in [5, 5.41) is 0. The Morgan fingerprint density at radius 3 is 2.25 bits per heavy atom. The lowest BCUT2D eigenvalue weighted by Gasteiger charge is -2.26. The molecule has 3 nitrogen and oxygen atoms in total. The van der Waals surface area contributed by atoms with E-state index in [1.807, 2.05) is 18.7 Å². The van der Waals surface area contributed by atoms with E-state index in [9.17, 15) is 4.79 Å². The number of nitrogens with zero attached hydrogens (tertiary/aromatic N) is 1. The third kappa shape index (κ3) is 2.70. The van der Waals surface area contributed by atoms with Gasteiger partial charge in [-0.3, -0.25) is 4.79 Å². The maximum Gasteiger partial charge on any atom is 0.233 e. The number of hydrogen-bond acceptors (Lipinski definition) is 1. The summed E-state index contributed by atoms with van der Waals surface area (Å²) in [4.78, 5) is 14.8. The third-order valence-electron chi connectivity index (χ3n) is 4.45. The van der Waals surface area contributed by atoms with Gasteiger partial charge >= 0.3 is 0 Å². The summed E-state index contributed by atoms with van der Waals surface area (Å²) in [7, 11) is 0. The predicted octanol–water partition coefficient (Wildman–Crippen LogP) is -1.63. The zero-order valence-electron chi connectivity index (χ0n) is 12.7. The van der Waals surface area contributed by atoms with Crippen molar-refractivity contribution >= 4 is 5.91 Å². The Morgan fingerprint density at radius 2 is 1.85 bits per heavy atom. The lowest BCUT2D eigenvalue weighted by atomic mass is 9.90. The number of halogens is 1. The minimum Gasteiger partial charge on any atom is -1.00 e. The van der Waals surface area contributed by atoms with Crippen LogP contribution < -0.4 is 18.1 Å². The molecule has 3 N–H and O–H groups in total. The number of carbonyl (C=O) groups is 1. The van der Waals surface area contributed by atoms with E-state index in [0.29, 0.717) is 5.92 Å². The predicted molar refractivity (Wildman–Crippen MR) is 76.6 cm³/mol. The van der Waals surface area contributed by atoms with Gasteiger partial charge in [0.25, 0.3) is 0 Å². The van der Waals surface area contributed by atoms with Gasteiger partial charge in [0.1, 0.15) is 0 Å². The van der Waals surface area contributed by atoms with Crippen molar-refractivity contribution in [3.63, 3.8) is 0 Å². The number of carbonyl (C=O) groups excluding carboxylic acids is 1. The fourth-order valence-electron chi connectivity index (χ4n) is 3.06. The first-order chi connectivity index (χ1) is 9.09. The molecule has 0 aromatic heterocycles. The van der Waals surface area contributed by atoms with E-state index in [0.717, 1.165) is 26.1 Å². The lowest BCUT2D eigenvalue weighted by molar-refractivity contribution is -0.373. The van der Waals surface area contributed by atoms with Crippen molar-refractivity contribution in [3.05, 3.63) is 35.4 Å². The van der Waals surface area contributed by atoms with E-state index in [1.165, 1.54) is 11.1 Å². The summed E-state index contributed by atoms with van der Waals surface area (Å²) in [6.07, 6.45) is 0.953. The van der Waals surface area contributed by atoms with Crippen LogP contribution in [0, 0.1) is 12.8 Å². The van der Waals surface area contributed by atoms with Crippen LogP contribution in [0.25, 0.3) is 0 Å². The van der Waals surface area contributed by atoms with Gasteiger partial charge in [0.05, 0.1) is 12.0 Å². The lowest BCUT2D eigenvalue weighted by Crippen LogP contribution is -3.00. The second-order valence-corrected chi connectivity index (χ2v) is 5.50. The molecule has 2 atom stereocenters. The van der Waals surface area contributed by atoms with Crippen molar-refractivity contribution in [3.8, 4) is 0 Å². The van der Waals surface area contributed by atoms with Gasteiger partial charge in [0.2, 0.25) is 5.91 Å². The standard InChI is InChI=1S/C16H24N2O.ClH/c1-4-18(5-2)15(19)16(10-14(16)11-17)13-8-6-12(3)7-9-13;/h6-9,14H,4-5,10-11,17H2,1-3H3;1H/t14-,16+;/m1./s1. The molecule has 112 valence electrons. The zero-order valence-corrected chi connectivity index (χ0v) is 13.4. The van der Waals surface area contributed by atoms with Gasteiger partial charge in [-0.15, -0.1) is 0 Å². The van der Waals surface area contributed by atoms with Crippen LogP contribution in [0.1, 0.15) is 31.4 Å². The molecule has 4 heteroatoms. The highest BCUT2D eigenvalue weighted by atomic mass is 35.5. The van der Waals surface area contributed by atoms with E-state index < -0.39 is 0 Å². The van der Waals surface area contributed by atoms with Crippen molar-refractivity contribution in [1.82, 2.24) is 4.90 Å². The number of amides is 1. The van der Waals surface area contributed by atoms with Gasteiger partial charge in [-0.1, -0.05) is 29.8 Å². The molecular formula is C16H25ClN2O. The number of rotatable bonds is 5. The van der Waals surface area contributed by atoms with Crippen molar-refractivity contribution < 1.29 is 22.9 Å². The molecule has 0 radical (unpaired) electrons. The quantitative estimate of drug-likeness (QED) is 0.697. The topological polar surface area (TPSA) is 48.0 Å². The van der Waals surface area contributed by atoms with Crippen LogP contribution in [0.3, 0.4) is 0 Å². The van der Waals surface area contributed by atoms with E-state index in [4.69, 9.17) is 0 Å². The largest absolute Gasteiger partial charge is 1.00 e. The first-order valence-electron chi connectivity index (χ1n) is 7.25. The van der Waals surface area contributed by atoms with Crippen LogP contribution in [-0.4, -0.2) is 30.4 Å². The average Bonchev–Trinajstić information content (AvgIpc) is 3.16. The van der Waals surface area contributed by atoms with Crippen molar-refractivity contribution in [2.45, 2.75) is 32.6 Å². The minimum absolute atomic E-state index is 0. The molecule has 1 amide bonds. The first-order valence-corrected chi connectivity index (χ1v) is 7.25. The first kappa shape index (κ1) is 17.0. The monoisotopic (exact) mass is 296 g/mol. The zero-order chi connectivity index (χ0) is 14.0. The molecule has 1 aromatic carbocycles. The second-order valence-electron chi connectivity index (χ2n) is 5.50. The third-order valence-corrected chi connectivity index (χ3v) is 4.45. The van der Waals surface area contributed by atoms with Crippen LogP contribution in [0.2, 0.25) is 0 Å². The van der Waals surface area contributed by atoms with Gasteiger partial charge < -0.3 is 23.0 Å². The van der Waals surface area contributed by atoms with Crippen molar-refractivity contribution in [1.29, 1.82) is 0 Å². The maximum atomic E-state index is 12.8. The Hall–Kier alpha value is -1.06. The smallest absolute Gasteiger partial charge is 0.233 e. The average molecular weight is 297 g/mol. The van der Waals surface area contributed by atoms with Crippen molar-refractivity contribution in [2.75, 3.05) is 19.6 Å². The molecule has 1 aromatic rings. The summed E-state index contributed by atoms with van der Waals surface area (Å²) in [5.41, 5.74) is 6.13. The van der Waals surface area contributed by atoms with Gasteiger partial charge in [0, 0.05) is 19.0 Å². The number of quaternary nitrogens is 1. The highest BCUT2D eigenvalue weighted by Gasteiger charge is 2.62. The Kier molecular flexibility index (Phi) is 5.60.